The lowest BCUT2D eigenvalue weighted by Gasteiger charge is -2.29. The number of nitrogens with one attached hydrogen (secondary N) is 1. The van der Waals surface area contributed by atoms with Crippen molar-refractivity contribution in [3.05, 3.63) is 29.8 Å². The van der Waals surface area contributed by atoms with Crippen molar-refractivity contribution in [2.75, 3.05) is 11.5 Å². The van der Waals surface area contributed by atoms with Crippen LogP contribution in [0.4, 0.5) is 5.69 Å². The third-order valence-electron chi connectivity index (χ3n) is 4.07. The number of halogens is 1. The maximum absolute atomic E-state index is 12.1. The summed E-state index contributed by atoms with van der Waals surface area (Å²) in [6.45, 7) is 2.21. The van der Waals surface area contributed by atoms with Gasteiger partial charge in [-0.1, -0.05) is 31.5 Å². The lowest BCUT2D eigenvalue weighted by molar-refractivity contribution is -0.121. The van der Waals surface area contributed by atoms with Gasteiger partial charge in [0, 0.05) is 23.4 Å². The Hall–Kier alpha value is -0.870. The topological polar surface area (TPSA) is 55.1 Å². The highest BCUT2D eigenvalue weighted by Gasteiger charge is 2.22. The number of carbonyl (C=O) groups excluding carboxylic acids is 1. The highest BCUT2D eigenvalue weighted by molar-refractivity contribution is 7.99. The molecule has 124 valence electrons. The van der Waals surface area contributed by atoms with Gasteiger partial charge in [-0.2, -0.15) is 11.8 Å². The summed E-state index contributed by atoms with van der Waals surface area (Å²) >= 11 is 2.03. The van der Waals surface area contributed by atoms with Crippen LogP contribution in [0.25, 0.3) is 0 Å². The number of hydrogen-bond donors (Lipinski definition) is 2. The number of rotatable bonds is 6. The molecule has 2 atom stereocenters. The minimum atomic E-state index is 0. The van der Waals surface area contributed by atoms with E-state index in [1.807, 2.05) is 36.0 Å². The summed E-state index contributed by atoms with van der Waals surface area (Å²) in [4.78, 5) is 12.1. The van der Waals surface area contributed by atoms with Gasteiger partial charge in [-0.05, 0) is 43.1 Å². The molecule has 3 N–H and O–H groups in total. The van der Waals surface area contributed by atoms with E-state index in [2.05, 4.69) is 12.2 Å². The average molecular weight is 343 g/mol. The SMILES string of the molecule is CCSC1CCCC(NC(=O)CCc2ccccc2N)C1.Cl. The van der Waals surface area contributed by atoms with E-state index >= 15 is 0 Å². The quantitative estimate of drug-likeness (QED) is 0.773. The first kappa shape index (κ1) is 19.2. The molecule has 0 spiro atoms. The van der Waals surface area contributed by atoms with Crippen molar-refractivity contribution in [2.24, 2.45) is 0 Å². The van der Waals surface area contributed by atoms with Crippen LogP contribution in [-0.2, 0) is 11.2 Å². The summed E-state index contributed by atoms with van der Waals surface area (Å²) in [5, 5.41) is 3.93. The molecule has 0 aromatic heterocycles. The Labute approximate surface area is 144 Å². The minimum Gasteiger partial charge on any atom is -0.399 e. The Kier molecular flexibility index (Phi) is 8.72. The summed E-state index contributed by atoms with van der Waals surface area (Å²) in [6, 6.07) is 8.14. The zero-order valence-electron chi connectivity index (χ0n) is 13.2. The first-order valence-electron chi connectivity index (χ1n) is 7.93. The summed E-state index contributed by atoms with van der Waals surface area (Å²) in [7, 11) is 0. The smallest absolute Gasteiger partial charge is 0.220 e. The fraction of sp³-hybridized carbons (Fsp3) is 0.588. The van der Waals surface area contributed by atoms with Crippen LogP contribution in [-0.4, -0.2) is 23.0 Å². The molecule has 2 rings (SSSR count). The van der Waals surface area contributed by atoms with Gasteiger partial charge >= 0.3 is 0 Å². The van der Waals surface area contributed by atoms with Gasteiger partial charge in [0.15, 0.2) is 0 Å². The molecule has 5 heteroatoms. The van der Waals surface area contributed by atoms with Gasteiger partial charge in [0.1, 0.15) is 0 Å². The second kappa shape index (κ2) is 10.0. The molecule has 3 nitrogen and oxygen atoms in total. The van der Waals surface area contributed by atoms with Crippen molar-refractivity contribution in [2.45, 2.75) is 56.7 Å². The molecule has 0 bridgehead atoms. The highest BCUT2D eigenvalue weighted by atomic mass is 35.5. The third-order valence-corrected chi connectivity index (χ3v) is 5.30. The number of thioether (sulfide) groups is 1. The van der Waals surface area contributed by atoms with Crippen LogP contribution < -0.4 is 11.1 Å². The van der Waals surface area contributed by atoms with Gasteiger partial charge in [-0.15, -0.1) is 12.4 Å². The number of amides is 1. The van der Waals surface area contributed by atoms with Crippen molar-refractivity contribution < 1.29 is 4.79 Å². The van der Waals surface area contributed by atoms with Crippen molar-refractivity contribution in [3.8, 4) is 0 Å². The van der Waals surface area contributed by atoms with Gasteiger partial charge in [-0.3, -0.25) is 4.79 Å². The average Bonchev–Trinajstić information content (AvgIpc) is 2.47. The van der Waals surface area contributed by atoms with Crippen molar-refractivity contribution in [3.63, 3.8) is 0 Å². The molecule has 1 amide bonds. The zero-order chi connectivity index (χ0) is 15.1. The van der Waals surface area contributed by atoms with E-state index in [9.17, 15) is 4.79 Å². The van der Waals surface area contributed by atoms with E-state index < -0.39 is 0 Å². The van der Waals surface area contributed by atoms with Crippen LogP contribution in [0.1, 0.15) is 44.6 Å². The molecule has 0 heterocycles. The molecule has 1 fully saturated rings. The van der Waals surface area contributed by atoms with Crippen LogP contribution in [0.15, 0.2) is 24.3 Å². The fourth-order valence-corrected chi connectivity index (χ4v) is 4.15. The van der Waals surface area contributed by atoms with Crippen molar-refractivity contribution in [1.82, 2.24) is 5.32 Å². The van der Waals surface area contributed by atoms with Crippen LogP contribution >= 0.6 is 24.2 Å². The molecule has 1 aliphatic carbocycles. The van der Waals surface area contributed by atoms with Gasteiger partial charge in [0.2, 0.25) is 5.91 Å². The van der Waals surface area contributed by atoms with E-state index in [1.54, 1.807) is 0 Å². The molecule has 1 aromatic rings. The van der Waals surface area contributed by atoms with Crippen LogP contribution in [0.5, 0.6) is 0 Å². The van der Waals surface area contributed by atoms with E-state index in [-0.39, 0.29) is 18.3 Å². The largest absolute Gasteiger partial charge is 0.399 e. The monoisotopic (exact) mass is 342 g/mol. The Morgan fingerprint density at radius 2 is 2.14 bits per heavy atom. The molecule has 0 aliphatic heterocycles. The predicted molar refractivity (Wildman–Crippen MR) is 98.7 cm³/mol. The maximum Gasteiger partial charge on any atom is 0.220 e. The second-order valence-electron chi connectivity index (χ2n) is 5.71. The third kappa shape index (κ3) is 6.09. The number of nitrogen functional groups attached to an aromatic ring is 1. The molecule has 0 saturated heterocycles. The number of para-hydroxylation sites is 1. The van der Waals surface area contributed by atoms with Crippen molar-refractivity contribution >= 4 is 35.8 Å². The van der Waals surface area contributed by atoms with Gasteiger partial charge < -0.3 is 11.1 Å². The van der Waals surface area contributed by atoms with Crippen LogP contribution in [0, 0.1) is 0 Å². The van der Waals surface area contributed by atoms with Crippen LogP contribution in [0.3, 0.4) is 0 Å². The Balaban J connectivity index is 0.00000242. The standard InChI is InChI=1S/C17H26N2OS.ClH/c1-2-21-15-8-5-7-14(12-15)19-17(20)11-10-13-6-3-4-9-16(13)18;/h3-4,6,9,14-15H,2,5,7-8,10-12,18H2,1H3,(H,19,20);1H. The van der Waals surface area contributed by atoms with E-state index in [0.29, 0.717) is 12.5 Å². The number of hydrogen-bond acceptors (Lipinski definition) is 3. The lowest BCUT2D eigenvalue weighted by atomic mass is 9.94. The lowest BCUT2D eigenvalue weighted by Crippen LogP contribution is -2.39. The normalized spacial score (nSPS) is 21.0. The summed E-state index contributed by atoms with van der Waals surface area (Å²) < 4.78 is 0. The number of aryl methyl sites for hydroxylation is 1. The number of benzene rings is 1. The van der Waals surface area contributed by atoms with Crippen molar-refractivity contribution in [1.29, 1.82) is 0 Å². The zero-order valence-corrected chi connectivity index (χ0v) is 14.8. The van der Waals surface area contributed by atoms with Gasteiger partial charge in [0.25, 0.3) is 0 Å². The van der Waals surface area contributed by atoms with Gasteiger partial charge in [-0.25, -0.2) is 0 Å². The molecule has 22 heavy (non-hydrogen) atoms. The minimum absolute atomic E-state index is 0. The second-order valence-corrected chi connectivity index (χ2v) is 7.28. The molecule has 1 aromatic carbocycles. The molecule has 1 aliphatic rings. The predicted octanol–water partition coefficient (Wildman–Crippen LogP) is 3.80. The molecular weight excluding hydrogens is 316 g/mol. The number of nitrogens with two attached hydrogens (primary N) is 1. The van der Waals surface area contributed by atoms with E-state index in [1.165, 1.54) is 18.6 Å². The molecule has 1 saturated carbocycles. The Bertz CT molecular complexity index is 468. The maximum atomic E-state index is 12.1. The first-order chi connectivity index (χ1) is 10.2. The fourth-order valence-electron chi connectivity index (χ4n) is 2.97. The highest BCUT2D eigenvalue weighted by Crippen LogP contribution is 2.28. The van der Waals surface area contributed by atoms with E-state index in [0.717, 1.165) is 35.8 Å². The molecule has 2 unspecified atom stereocenters. The Morgan fingerprint density at radius 1 is 1.36 bits per heavy atom. The summed E-state index contributed by atoms with van der Waals surface area (Å²) in [6.07, 6.45) is 6.02. The summed E-state index contributed by atoms with van der Waals surface area (Å²) in [5.41, 5.74) is 7.75. The van der Waals surface area contributed by atoms with Gasteiger partial charge in [0.05, 0.1) is 0 Å². The molecule has 0 radical (unpaired) electrons. The van der Waals surface area contributed by atoms with Crippen LogP contribution in [0.2, 0.25) is 0 Å². The number of carbonyl (C=O) groups is 1. The first-order valence-corrected chi connectivity index (χ1v) is 8.98. The summed E-state index contributed by atoms with van der Waals surface area (Å²) in [5.74, 6) is 1.32. The molecular formula is C17H27ClN2OS. The number of anilines is 1. The van der Waals surface area contributed by atoms with E-state index in [4.69, 9.17) is 5.73 Å². The Morgan fingerprint density at radius 3 is 2.86 bits per heavy atom.